The molecule has 0 fully saturated rings. The number of ether oxygens (including phenoxy) is 1. The summed E-state index contributed by atoms with van der Waals surface area (Å²) in [6, 6.07) is 0.397. The minimum atomic E-state index is 0.378. The summed E-state index contributed by atoms with van der Waals surface area (Å²) in [4.78, 5) is 4.61. The molecular formula is C14H22N6OS. The molecule has 7 nitrogen and oxygen atoms in total. The Balaban J connectivity index is 1.55. The summed E-state index contributed by atoms with van der Waals surface area (Å²) in [7, 11) is 0. The second-order valence-electron chi connectivity index (χ2n) is 5.73. The number of hydrogen-bond donors (Lipinski definition) is 1. The van der Waals surface area contributed by atoms with Gasteiger partial charge in [-0.15, -0.1) is 10.2 Å². The first-order chi connectivity index (χ1) is 10.7. The van der Waals surface area contributed by atoms with Gasteiger partial charge in [-0.05, 0) is 13.3 Å². The highest BCUT2D eigenvalue weighted by molar-refractivity contribution is 7.13. The van der Waals surface area contributed by atoms with Crippen molar-refractivity contribution in [2.75, 3.05) is 6.61 Å². The molecule has 3 heterocycles. The predicted octanol–water partition coefficient (Wildman–Crippen LogP) is 1.76. The molecule has 3 rings (SSSR count). The highest BCUT2D eigenvalue weighted by Crippen LogP contribution is 2.19. The van der Waals surface area contributed by atoms with Gasteiger partial charge >= 0.3 is 0 Å². The Morgan fingerprint density at radius 1 is 1.41 bits per heavy atom. The van der Waals surface area contributed by atoms with Crippen molar-refractivity contribution in [2.45, 2.75) is 58.7 Å². The summed E-state index contributed by atoms with van der Waals surface area (Å²) < 4.78 is 7.39. The smallest absolute Gasteiger partial charge is 0.294 e. The summed E-state index contributed by atoms with van der Waals surface area (Å²) in [6.07, 6.45) is 2.05. The largest absolute Gasteiger partial charge is 0.469 e. The van der Waals surface area contributed by atoms with E-state index in [-0.39, 0.29) is 0 Å². The first kappa shape index (κ1) is 15.4. The van der Waals surface area contributed by atoms with E-state index in [9.17, 15) is 0 Å². The molecule has 1 aliphatic rings. The van der Waals surface area contributed by atoms with Gasteiger partial charge in [0.25, 0.3) is 5.19 Å². The fourth-order valence-electron chi connectivity index (χ4n) is 2.46. The predicted molar refractivity (Wildman–Crippen MR) is 84.1 cm³/mol. The van der Waals surface area contributed by atoms with E-state index in [1.165, 1.54) is 11.3 Å². The van der Waals surface area contributed by atoms with Crippen molar-refractivity contribution < 1.29 is 4.74 Å². The van der Waals surface area contributed by atoms with Crippen molar-refractivity contribution in [1.82, 2.24) is 30.3 Å². The lowest BCUT2D eigenvalue weighted by atomic mass is 10.1. The van der Waals surface area contributed by atoms with Crippen molar-refractivity contribution in [2.24, 2.45) is 0 Å². The van der Waals surface area contributed by atoms with E-state index >= 15 is 0 Å². The van der Waals surface area contributed by atoms with Crippen LogP contribution < -0.4 is 10.1 Å². The van der Waals surface area contributed by atoms with Gasteiger partial charge in [-0.2, -0.15) is 5.10 Å². The SMILES string of the molecule is CCOc1nnc(CN[C@H]2CCc3nc(C(C)C)nn3C2)s1. The summed E-state index contributed by atoms with van der Waals surface area (Å²) in [5.41, 5.74) is 0. The molecule has 0 spiro atoms. The summed E-state index contributed by atoms with van der Waals surface area (Å²) in [5, 5.41) is 17.9. The molecule has 0 unspecified atom stereocenters. The molecule has 0 saturated carbocycles. The number of fused-ring (bicyclic) bond motifs is 1. The molecule has 2 aromatic rings. The average molecular weight is 322 g/mol. The van der Waals surface area contributed by atoms with E-state index in [0.717, 1.165) is 42.6 Å². The number of nitrogens with one attached hydrogen (secondary N) is 1. The van der Waals surface area contributed by atoms with Crippen LogP contribution in [-0.4, -0.2) is 37.6 Å². The van der Waals surface area contributed by atoms with Crippen LogP contribution in [0, 0.1) is 0 Å². The van der Waals surface area contributed by atoms with Crippen molar-refractivity contribution in [3.05, 3.63) is 16.7 Å². The zero-order valence-electron chi connectivity index (χ0n) is 13.2. The molecule has 0 radical (unpaired) electrons. The highest BCUT2D eigenvalue weighted by atomic mass is 32.1. The maximum Gasteiger partial charge on any atom is 0.294 e. The number of aryl methyl sites for hydroxylation is 1. The van der Waals surface area contributed by atoms with Crippen LogP contribution >= 0.6 is 11.3 Å². The van der Waals surface area contributed by atoms with Crippen molar-refractivity contribution >= 4 is 11.3 Å². The van der Waals surface area contributed by atoms with Crippen LogP contribution in [0.2, 0.25) is 0 Å². The Morgan fingerprint density at radius 3 is 3.05 bits per heavy atom. The van der Waals surface area contributed by atoms with Crippen LogP contribution in [0.15, 0.2) is 0 Å². The molecule has 1 aliphatic heterocycles. The molecule has 22 heavy (non-hydrogen) atoms. The van der Waals surface area contributed by atoms with E-state index in [2.05, 4.69) is 39.4 Å². The lowest BCUT2D eigenvalue weighted by Gasteiger charge is -2.23. The maximum atomic E-state index is 5.34. The molecular weight excluding hydrogens is 300 g/mol. The van der Waals surface area contributed by atoms with Gasteiger partial charge in [0, 0.05) is 18.4 Å². The number of hydrogen-bond acceptors (Lipinski definition) is 7. The molecule has 120 valence electrons. The third kappa shape index (κ3) is 3.44. The van der Waals surface area contributed by atoms with E-state index in [1.54, 1.807) is 0 Å². The van der Waals surface area contributed by atoms with Gasteiger partial charge in [0.1, 0.15) is 10.8 Å². The topological polar surface area (TPSA) is 77.8 Å². The van der Waals surface area contributed by atoms with Crippen LogP contribution in [0.3, 0.4) is 0 Å². The molecule has 8 heteroatoms. The normalized spacial score (nSPS) is 17.7. The molecule has 1 atom stereocenters. The van der Waals surface area contributed by atoms with Crippen LogP contribution in [0.25, 0.3) is 0 Å². The number of rotatable bonds is 6. The van der Waals surface area contributed by atoms with Gasteiger partial charge < -0.3 is 10.1 Å². The standard InChI is InChI=1S/C14H22N6OS/c1-4-21-14-18-17-12(22-14)7-15-10-5-6-11-16-13(9(2)3)19-20(11)8-10/h9-10,15H,4-8H2,1-3H3/t10-/m0/s1. The Kier molecular flexibility index (Phi) is 4.68. The summed E-state index contributed by atoms with van der Waals surface area (Å²) >= 11 is 1.50. The van der Waals surface area contributed by atoms with Crippen molar-refractivity contribution in [3.8, 4) is 5.19 Å². The summed E-state index contributed by atoms with van der Waals surface area (Å²) in [5.74, 6) is 2.43. The van der Waals surface area contributed by atoms with E-state index < -0.39 is 0 Å². The maximum absolute atomic E-state index is 5.34. The second-order valence-corrected chi connectivity index (χ2v) is 6.76. The zero-order valence-corrected chi connectivity index (χ0v) is 14.1. The molecule has 0 saturated heterocycles. The minimum absolute atomic E-state index is 0.378. The molecule has 2 aromatic heterocycles. The second kappa shape index (κ2) is 6.70. The molecule has 1 N–H and O–H groups in total. The lowest BCUT2D eigenvalue weighted by Crippen LogP contribution is -2.37. The van der Waals surface area contributed by atoms with Gasteiger partial charge in [0.05, 0.1) is 19.7 Å². The average Bonchev–Trinajstić information content (AvgIpc) is 3.11. The fourth-order valence-corrected chi connectivity index (χ4v) is 3.16. The Hall–Kier alpha value is -1.54. The quantitative estimate of drug-likeness (QED) is 0.873. The lowest BCUT2D eigenvalue weighted by molar-refractivity contribution is 0.335. The third-order valence-corrected chi connectivity index (χ3v) is 4.48. The van der Waals surface area contributed by atoms with E-state index in [1.807, 2.05) is 11.6 Å². The molecule has 0 aromatic carbocycles. The first-order valence-corrected chi connectivity index (χ1v) is 8.59. The number of nitrogens with zero attached hydrogens (tertiary/aromatic N) is 5. The Bertz CT molecular complexity index is 623. The number of aromatic nitrogens is 5. The zero-order chi connectivity index (χ0) is 15.5. The van der Waals surface area contributed by atoms with Gasteiger partial charge in [0.15, 0.2) is 5.82 Å². The fraction of sp³-hybridized carbons (Fsp3) is 0.714. The minimum Gasteiger partial charge on any atom is -0.469 e. The van der Waals surface area contributed by atoms with Crippen LogP contribution in [0.5, 0.6) is 5.19 Å². The van der Waals surface area contributed by atoms with Gasteiger partial charge in [-0.1, -0.05) is 25.2 Å². The van der Waals surface area contributed by atoms with E-state index in [4.69, 9.17) is 4.74 Å². The molecule has 0 amide bonds. The van der Waals surface area contributed by atoms with E-state index in [0.29, 0.717) is 23.8 Å². The monoisotopic (exact) mass is 322 g/mol. The molecule has 0 bridgehead atoms. The van der Waals surface area contributed by atoms with Crippen molar-refractivity contribution in [1.29, 1.82) is 0 Å². The van der Waals surface area contributed by atoms with Gasteiger partial charge in [-0.25, -0.2) is 9.67 Å². The first-order valence-electron chi connectivity index (χ1n) is 7.78. The highest BCUT2D eigenvalue weighted by Gasteiger charge is 2.22. The summed E-state index contributed by atoms with van der Waals surface area (Å²) in [6.45, 7) is 8.41. The van der Waals surface area contributed by atoms with Crippen LogP contribution in [0.1, 0.15) is 49.8 Å². The van der Waals surface area contributed by atoms with Crippen molar-refractivity contribution in [3.63, 3.8) is 0 Å². The molecule has 0 aliphatic carbocycles. The van der Waals surface area contributed by atoms with Gasteiger partial charge in [0.2, 0.25) is 0 Å². The third-order valence-electron chi connectivity index (χ3n) is 3.65. The van der Waals surface area contributed by atoms with Crippen LogP contribution in [-0.2, 0) is 19.5 Å². The van der Waals surface area contributed by atoms with Crippen LogP contribution in [0.4, 0.5) is 0 Å². The Morgan fingerprint density at radius 2 is 2.27 bits per heavy atom. The van der Waals surface area contributed by atoms with Gasteiger partial charge in [-0.3, -0.25) is 0 Å². The Labute approximate surface area is 134 Å².